The average molecular weight is 203 g/mol. The van der Waals surface area contributed by atoms with Gasteiger partial charge in [-0.2, -0.15) is 0 Å². The molecule has 0 saturated carbocycles. The molecule has 2 rings (SSSR count). The second-order valence-electron chi connectivity index (χ2n) is 3.34. The normalized spacial score (nSPS) is 10.5. The van der Waals surface area contributed by atoms with Crippen LogP contribution in [-0.4, -0.2) is 26.6 Å². The predicted octanol–water partition coefficient (Wildman–Crippen LogP) is 0.597. The molecule has 0 atom stereocenters. The van der Waals surface area contributed by atoms with E-state index in [0.717, 1.165) is 17.8 Å². The van der Waals surface area contributed by atoms with E-state index in [1.54, 1.807) is 12.5 Å². The first-order chi connectivity index (χ1) is 7.31. The molecule has 0 spiro atoms. The van der Waals surface area contributed by atoms with Crippen molar-refractivity contribution in [2.24, 2.45) is 7.05 Å². The van der Waals surface area contributed by atoms with E-state index < -0.39 is 0 Å². The summed E-state index contributed by atoms with van der Waals surface area (Å²) >= 11 is 0. The maximum Gasteiger partial charge on any atom is 0.177 e. The van der Waals surface area contributed by atoms with Crippen molar-refractivity contribution in [1.82, 2.24) is 24.8 Å². The minimum absolute atomic E-state index is 0.704. The van der Waals surface area contributed by atoms with Crippen molar-refractivity contribution in [3.05, 3.63) is 30.5 Å². The molecule has 2 aromatic heterocycles. The molecule has 2 heterocycles. The highest BCUT2D eigenvalue weighted by Crippen LogP contribution is 2.11. The predicted molar refractivity (Wildman–Crippen MR) is 57.0 cm³/mol. The van der Waals surface area contributed by atoms with Crippen LogP contribution in [0.15, 0.2) is 24.9 Å². The summed E-state index contributed by atoms with van der Waals surface area (Å²) in [4.78, 5) is 12.6. The maximum atomic E-state index is 4.29. The lowest BCUT2D eigenvalue weighted by molar-refractivity contribution is 0.805. The van der Waals surface area contributed by atoms with Gasteiger partial charge in [-0.25, -0.2) is 15.0 Å². The number of nitrogens with one attached hydrogen (secondary N) is 1. The topological polar surface area (TPSA) is 55.6 Å². The van der Waals surface area contributed by atoms with Gasteiger partial charge in [0, 0.05) is 31.5 Å². The first kappa shape index (κ1) is 9.79. The van der Waals surface area contributed by atoms with E-state index in [1.165, 1.54) is 0 Å². The molecule has 0 aliphatic heterocycles. The summed E-state index contributed by atoms with van der Waals surface area (Å²) in [6.45, 7) is 0.783. The molecule has 1 N–H and O–H groups in total. The molecule has 0 bridgehead atoms. The molecule has 0 saturated heterocycles. The van der Waals surface area contributed by atoms with Gasteiger partial charge in [-0.05, 0) is 7.05 Å². The van der Waals surface area contributed by atoms with Crippen molar-refractivity contribution in [3.63, 3.8) is 0 Å². The van der Waals surface area contributed by atoms with E-state index in [9.17, 15) is 0 Å². The average Bonchev–Trinajstić information content (AvgIpc) is 2.66. The summed E-state index contributed by atoms with van der Waals surface area (Å²) in [5.74, 6) is 0.704. The molecule has 5 heteroatoms. The third-order valence-corrected chi connectivity index (χ3v) is 2.13. The van der Waals surface area contributed by atoms with Gasteiger partial charge in [0.25, 0.3) is 0 Å². The van der Waals surface area contributed by atoms with Crippen LogP contribution in [0, 0.1) is 0 Å². The van der Waals surface area contributed by atoms with E-state index in [4.69, 9.17) is 0 Å². The first-order valence-electron chi connectivity index (χ1n) is 4.73. The van der Waals surface area contributed by atoms with Crippen LogP contribution in [0.3, 0.4) is 0 Å². The van der Waals surface area contributed by atoms with Crippen molar-refractivity contribution < 1.29 is 0 Å². The number of hydrogen-bond acceptors (Lipinski definition) is 4. The van der Waals surface area contributed by atoms with Gasteiger partial charge in [0.15, 0.2) is 5.82 Å². The lowest BCUT2D eigenvalue weighted by atomic mass is 10.3. The summed E-state index contributed by atoms with van der Waals surface area (Å²) in [6, 6.07) is 0. The zero-order valence-electron chi connectivity index (χ0n) is 8.81. The third kappa shape index (κ3) is 2.02. The summed E-state index contributed by atoms with van der Waals surface area (Å²) in [5.41, 5.74) is 1.99. The number of rotatable bonds is 3. The second-order valence-corrected chi connectivity index (χ2v) is 3.34. The Morgan fingerprint density at radius 2 is 2.00 bits per heavy atom. The Bertz CT molecular complexity index is 431. The zero-order valence-corrected chi connectivity index (χ0v) is 8.81. The molecule has 0 aromatic carbocycles. The van der Waals surface area contributed by atoms with Crippen molar-refractivity contribution >= 4 is 0 Å². The Morgan fingerprint density at radius 3 is 2.53 bits per heavy atom. The molecule has 5 nitrogen and oxygen atoms in total. The standard InChI is InChI=1S/C10H13N5/c1-11-3-8-4-13-10(14-5-8)9-6-12-7-15(9)2/h4-7,11H,3H2,1-2H3. The van der Waals surface area contributed by atoms with E-state index in [2.05, 4.69) is 20.3 Å². The fourth-order valence-electron chi connectivity index (χ4n) is 1.36. The maximum absolute atomic E-state index is 4.29. The fourth-order valence-corrected chi connectivity index (χ4v) is 1.36. The molecule has 78 valence electrons. The van der Waals surface area contributed by atoms with Crippen molar-refractivity contribution in [2.45, 2.75) is 6.54 Å². The Labute approximate surface area is 88.2 Å². The smallest absolute Gasteiger partial charge is 0.177 e. The Hall–Kier alpha value is -1.75. The molecule has 15 heavy (non-hydrogen) atoms. The highest BCUT2D eigenvalue weighted by atomic mass is 15.1. The van der Waals surface area contributed by atoms with E-state index >= 15 is 0 Å². The number of imidazole rings is 1. The van der Waals surface area contributed by atoms with Gasteiger partial charge in [-0.3, -0.25) is 0 Å². The minimum atomic E-state index is 0.704. The molecule has 0 aliphatic carbocycles. The summed E-state index contributed by atoms with van der Waals surface area (Å²) < 4.78 is 1.90. The van der Waals surface area contributed by atoms with Gasteiger partial charge in [-0.1, -0.05) is 0 Å². The van der Waals surface area contributed by atoms with E-state index in [0.29, 0.717) is 5.82 Å². The monoisotopic (exact) mass is 203 g/mol. The number of aryl methyl sites for hydroxylation is 1. The molecular formula is C10H13N5. The van der Waals surface area contributed by atoms with Gasteiger partial charge >= 0.3 is 0 Å². The Balaban J connectivity index is 2.28. The van der Waals surface area contributed by atoms with Gasteiger partial charge in [0.2, 0.25) is 0 Å². The van der Waals surface area contributed by atoms with Crippen LogP contribution >= 0.6 is 0 Å². The lowest BCUT2D eigenvalue weighted by Crippen LogP contribution is -2.06. The number of nitrogens with zero attached hydrogens (tertiary/aromatic N) is 4. The van der Waals surface area contributed by atoms with Gasteiger partial charge in [-0.15, -0.1) is 0 Å². The van der Waals surface area contributed by atoms with Crippen molar-refractivity contribution in [2.75, 3.05) is 7.05 Å². The molecular weight excluding hydrogens is 190 g/mol. The van der Waals surface area contributed by atoms with Crippen LogP contribution in [0.4, 0.5) is 0 Å². The minimum Gasteiger partial charge on any atom is -0.331 e. The fraction of sp³-hybridized carbons (Fsp3) is 0.300. The van der Waals surface area contributed by atoms with E-state index in [1.807, 2.05) is 31.1 Å². The summed E-state index contributed by atoms with van der Waals surface area (Å²) in [7, 11) is 3.82. The molecule has 2 aromatic rings. The van der Waals surface area contributed by atoms with Gasteiger partial charge < -0.3 is 9.88 Å². The third-order valence-electron chi connectivity index (χ3n) is 2.13. The first-order valence-corrected chi connectivity index (χ1v) is 4.73. The Morgan fingerprint density at radius 1 is 1.27 bits per heavy atom. The van der Waals surface area contributed by atoms with E-state index in [-0.39, 0.29) is 0 Å². The largest absolute Gasteiger partial charge is 0.331 e. The summed E-state index contributed by atoms with van der Waals surface area (Å²) in [6.07, 6.45) is 7.14. The molecule has 0 radical (unpaired) electrons. The molecule has 0 unspecified atom stereocenters. The second kappa shape index (κ2) is 4.18. The quantitative estimate of drug-likeness (QED) is 0.793. The van der Waals surface area contributed by atoms with Crippen LogP contribution in [0.5, 0.6) is 0 Å². The van der Waals surface area contributed by atoms with Crippen LogP contribution in [0.25, 0.3) is 11.5 Å². The highest BCUT2D eigenvalue weighted by Gasteiger charge is 2.04. The Kier molecular flexibility index (Phi) is 2.73. The highest BCUT2D eigenvalue weighted by molar-refractivity contribution is 5.47. The SMILES string of the molecule is CNCc1cnc(-c2cncn2C)nc1. The number of aromatic nitrogens is 4. The molecule has 0 aliphatic rings. The lowest BCUT2D eigenvalue weighted by Gasteiger charge is -2.02. The zero-order chi connectivity index (χ0) is 10.7. The summed E-state index contributed by atoms with van der Waals surface area (Å²) in [5, 5.41) is 3.05. The molecule has 0 fully saturated rings. The van der Waals surface area contributed by atoms with Crippen LogP contribution in [0.2, 0.25) is 0 Å². The molecule has 0 amide bonds. The van der Waals surface area contributed by atoms with Crippen LogP contribution in [-0.2, 0) is 13.6 Å². The number of hydrogen-bond donors (Lipinski definition) is 1. The van der Waals surface area contributed by atoms with Crippen molar-refractivity contribution in [3.8, 4) is 11.5 Å². The van der Waals surface area contributed by atoms with Gasteiger partial charge in [0.05, 0.1) is 12.5 Å². The van der Waals surface area contributed by atoms with Gasteiger partial charge in [0.1, 0.15) is 5.69 Å². The van der Waals surface area contributed by atoms with Crippen LogP contribution in [0.1, 0.15) is 5.56 Å². The van der Waals surface area contributed by atoms with Crippen LogP contribution < -0.4 is 5.32 Å². The van der Waals surface area contributed by atoms with Crippen molar-refractivity contribution in [1.29, 1.82) is 0 Å².